The molecule has 18 heavy (non-hydrogen) atoms. The average Bonchev–Trinajstić information content (AvgIpc) is 2.79. The predicted octanol–water partition coefficient (Wildman–Crippen LogP) is 2.56. The summed E-state index contributed by atoms with van der Waals surface area (Å²) in [5, 5.41) is 0. The molecule has 2 fully saturated rings. The molecule has 2 unspecified atom stereocenters. The molecule has 4 heteroatoms. The summed E-state index contributed by atoms with van der Waals surface area (Å²) < 4.78 is 23.1. The van der Waals surface area contributed by atoms with Crippen molar-refractivity contribution in [2.24, 2.45) is 11.8 Å². The highest BCUT2D eigenvalue weighted by Gasteiger charge is 2.42. The van der Waals surface area contributed by atoms with E-state index < -0.39 is 11.6 Å². The van der Waals surface area contributed by atoms with Gasteiger partial charge in [-0.2, -0.15) is 0 Å². The van der Waals surface area contributed by atoms with Gasteiger partial charge in [0.1, 0.15) is 0 Å². The molecule has 0 saturated carbocycles. The lowest BCUT2D eigenvalue weighted by molar-refractivity contribution is -0.158. The van der Waals surface area contributed by atoms with E-state index in [0.29, 0.717) is 25.0 Å². The van der Waals surface area contributed by atoms with E-state index in [0.717, 1.165) is 0 Å². The molecule has 0 N–H and O–H groups in total. The predicted molar refractivity (Wildman–Crippen MR) is 68.1 cm³/mol. The van der Waals surface area contributed by atoms with Crippen molar-refractivity contribution in [1.29, 1.82) is 0 Å². The molecule has 2 aliphatic heterocycles. The van der Waals surface area contributed by atoms with Gasteiger partial charge in [-0.1, -0.05) is 13.8 Å². The lowest BCUT2D eigenvalue weighted by Gasteiger charge is -2.29. The summed E-state index contributed by atoms with van der Waals surface area (Å²) in [7, 11) is 0. The molecule has 0 aromatic rings. The van der Waals surface area contributed by atoms with Crippen LogP contribution >= 0.6 is 0 Å². The van der Waals surface area contributed by atoms with Gasteiger partial charge >= 0.3 is 0 Å². The van der Waals surface area contributed by atoms with E-state index in [1.807, 2.05) is 27.7 Å². The summed E-state index contributed by atoms with van der Waals surface area (Å²) in [6.45, 7) is 13.6. The lowest BCUT2D eigenvalue weighted by Crippen LogP contribution is -2.36. The van der Waals surface area contributed by atoms with Crippen LogP contribution in [0.15, 0.2) is 0 Å². The first kappa shape index (κ1) is 14.3. The standard InChI is InChI=1S/C14H26O4/c1-9(11-7-15-13(3,4)17-11)10(2)12-8-16-14(5,6)18-12/h9-12H,7-8H2,1-6H3/t9?,10?,11-,12-/m1/s1. The molecule has 0 spiro atoms. The van der Waals surface area contributed by atoms with Gasteiger partial charge < -0.3 is 18.9 Å². The van der Waals surface area contributed by atoms with E-state index in [9.17, 15) is 0 Å². The van der Waals surface area contributed by atoms with Gasteiger partial charge in [-0.15, -0.1) is 0 Å². The molecule has 0 radical (unpaired) electrons. The summed E-state index contributed by atoms with van der Waals surface area (Å²) >= 11 is 0. The van der Waals surface area contributed by atoms with Crippen LogP contribution in [0.4, 0.5) is 0 Å². The van der Waals surface area contributed by atoms with Gasteiger partial charge in [0.05, 0.1) is 25.4 Å². The van der Waals surface area contributed by atoms with E-state index in [1.54, 1.807) is 0 Å². The van der Waals surface area contributed by atoms with Crippen LogP contribution < -0.4 is 0 Å². The van der Waals surface area contributed by atoms with Gasteiger partial charge in [0, 0.05) is 0 Å². The Morgan fingerprint density at radius 1 is 0.778 bits per heavy atom. The van der Waals surface area contributed by atoms with Crippen LogP contribution in [0, 0.1) is 11.8 Å². The van der Waals surface area contributed by atoms with E-state index in [-0.39, 0.29) is 12.2 Å². The Balaban J connectivity index is 1.92. The van der Waals surface area contributed by atoms with Crippen LogP contribution in [0.5, 0.6) is 0 Å². The first-order valence-electron chi connectivity index (χ1n) is 6.84. The minimum absolute atomic E-state index is 0.141. The number of rotatable bonds is 3. The molecule has 0 amide bonds. The van der Waals surface area contributed by atoms with Crippen molar-refractivity contribution in [3.63, 3.8) is 0 Å². The first-order valence-corrected chi connectivity index (χ1v) is 6.84. The third-order valence-corrected chi connectivity index (χ3v) is 4.06. The highest BCUT2D eigenvalue weighted by atomic mass is 16.7. The molecule has 2 saturated heterocycles. The van der Waals surface area contributed by atoms with Crippen molar-refractivity contribution in [3.8, 4) is 0 Å². The molecule has 2 heterocycles. The molecular formula is C14H26O4. The molecule has 2 aliphatic rings. The molecular weight excluding hydrogens is 232 g/mol. The Kier molecular flexibility index (Phi) is 3.76. The van der Waals surface area contributed by atoms with Crippen LogP contribution in [0.3, 0.4) is 0 Å². The second kappa shape index (κ2) is 4.75. The van der Waals surface area contributed by atoms with Crippen LogP contribution in [-0.4, -0.2) is 37.0 Å². The SMILES string of the molecule is CC(C(C)[C@H]1COC(C)(C)O1)[C@H]1COC(C)(C)O1. The third-order valence-electron chi connectivity index (χ3n) is 4.06. The minimum atomic E-state index is -0.453. The van der Waals surface area contributed by atoms with Crippen LogP contribution in [0.1, 0.15) is 41.5 Å². The highest BCUT2D eigenvalue weighted by molar-refractivity contribution is 4.84. The van der Waals surface area contributed by atoms with Crippen molar-refractivity contribution in [2.45, 2.75) is 65.3 Å². The second-order valence-electron chi connectivity index (χ2n) is 6.45. The second-order valence-corrected chi connectivity index (χ2v) is 6.45. The maximum atomic E-state index is 5.92. The van der Waals surface area contributed by atoms with E-state index in [1.165, 1.54) is 0 Å². The van der Waals surface area contributed by atoms with Crippen molar-refractivity contribution in [1.82, 2.24) is 0 Å². The summed E-state index contributed by atoms with van der Waals surface area (Å²) in [6.07, 6.45) is 0.282. The Bertz CT molecular complexity index is 270. The monoisotopic (exact) mass is 258 g/mol. The Hall–Kier alpha value is -0.160. The zero-order valence-corrected chi connectivity index (χ0v) is 12.4. The Morgan fingerprint density at radius 2 is 1.11 bits per heavy atom. The zero-order chi connectivity index (χ0) is 13.6. The van der Waals surface area contributed by atoms with Gasteiger partial charge in [-0.25, -0.2) is 0 Å². The number of ether oxygens (including phenoxy) is 4. The maximum absolute atomic E-state index is 5.92. The molecule has 106 valence electrons. The summed E-state index contributed by atoms with van der Waals surface area (Å²) in [5.41, 5.74) is 0. The van der Waals surface area contributed by atoms with Gasteiger partial charge in [0.2, 0.25) is 0 Å². The van der Waals surface area contributed by atoms with Gasteiger partial charge in [-0.3, -0.25) is 0 Å². The summed E-state index contributed by atoms with van der Waals surface area (Å²) in [5.74, 6) is -0.140. The fourth-order valence-electron chi connectivity index (χ4n) is 2.63. The largest absolute Gasteiger partial charge is 0.348 e. The van der Waals surface area contributed by atoms with E-state index >= 15 is 0 Å². The zero-order valence-electron chi connectivity index (χ0n) is 12.4. The molecule has 4 atom stereocenters. The van der Waals surface area contributed by atoms with Crippen molar-refractivity contribution in [3.05, 3.63) is 0 Å². The van der Waals surface area contributed by atoms with Crippen LogP contribution in [-0.2, 0) is 18.9 Å². The number of hydrogen-bond acceptors (Lipinski definition) is 4. The Labute approximate surface area is 110 Å². The molecule has 0 aromatic carbocycles. The van der Waals surface area contributed by atoms with Crippen molar-refractivity contribution < 1.29 is 18.9 Å². The third kappa shape index (κ3) is 3.05. The maximum Gasteiger partial charge on any atom is 0.163 e. The Morgan fingerprint density at radius 3 is 1.33 bits per heavy atom. The molecule has 2 rings (SSSR count). The normalized spacial score (nSPS) is 37.7. The van der Waals surface area contributed by atoms with Crippen LogP contribution in [0.25, 0.3) is 0 Å². The summed E-state index contributed by atoms with van der Waals surface area (Å²) in [6, 6.07) is 0. The van der Waals surface area contributed by atoms with Gasteiger partial charge in [0.25, 0.3) is 0 Å². The quantitative estimate of drug-likeness (QED) is 0.779. The average molecular weight is 258 g/mol. The molecule has 0 bridgehead atoms. The van der Waals surface area contributed by atoms with Gasteiger partial charge in [0.15, 0.2) is 11.6 Å². The molecule has 4 nitrogen and oxygen atoms in total. The van der Waals surface area contributed by atoms with E-state index in [2.05, 4.69) is 13.8 Å². The topological polar surface area (TPSA) is 36.9 Å². The van der Waals surface area contributed by atoms with Crippen molar-refractivity contribution >= 4 is 0 Å². The molecule has 0 aliphatic carbocycles. The fraction of sp³-hybridized carbons (Fsp3) is 1.00. The smallest absolute Gasteiger partial charge is 0.163 e. The fourth-order valence-corrected chi connectivity index (χ4v) is 2.63. The van der Waals surface area contributed by atoms with Crippen molar-refractivity contribution in [2.75, 3.05) is 13.2 Å². The van der Waals surface area contributed by atoms with Gasteiger partial charge in [-0.05, 0) is 39.5 Å². The minimum Gasteiger partial charge on any atom is -0.348 e. The number of hydrogen-bond donors (Lipinski definition) is 0. The van der Waals surface area contributed by atoms with E-state index in [4.69, 9.17) is 18.9 Å². The highest BCUT2D eigenvalue weighted by Crippen LogP contribution is 2.35. The van der Waals surface area contributed by atoms with Crippen LogP contribution in [0.2, 0.25) is 0 Å². The first-order chi connectivity index (χ1) is 8.20. The summed E-state index contributed by atoms with van der Waals surface area (Å²) in [4.78, 5) is 0. The lowest BCUT2D eigenvalue weighted by atomic mass is 9.87. The molecule has 0 aromatic heterocycles.